The average Bonchev–Trinajstić information content (AvgIpc) is 3.23. The van der Waals surface area contributed by atoms with E-state index in [1.807, 2.05) is 36.5 Å². The molecule has 3 rings (SSSR count). The van der Waals surface area contributed by atoms with E-state index in [2.05, 4.69) is 48.5 Å². The van der Waals surface area contributed by atoms with Crippen molar-refractivity contribution in [1.29, 1.82) is 0 Å². The largest absolute Gasteiger partial charge is 0.465 e. The van der Waals surface area contributed by atoms with Crippen LogP contribution >= 0.6 is 11.8 Å². The van der Waals surface area contributed by atoms with Crippen molar-refractivity contribution < 1.29 is 14.3 Å². The van der Waals surface area contributed by atoms with Crippen LogP contribution in [-0.4, -0.2) is 40.3 Å². The van der Waals surface area contributed by atoms with Gasteiger partial charge in [-0.25, -0.2) is 4.98 Å². The van der Waals surface area contributed by atoms with Gasteiger partial charge in [0.25, 0.3) is 0 Å². The highest BCUT2D eigenvalue weighted by atomic mass is 32.2. The Hall–Kier alpha value is -3.06. The standard InChI is InChI=1S/C27H33N3O3S/c1-5-29-24(15-14-22-13-12-20(3)16-21(22)4)17-28-27(29)34-19-25(31)30(18-26(32)33-6-2)23-10-8-7-9-11-23/h7-13,16-17H,5-6,14-15,18-19H2,1-4H3. The molecule has 0 aliphatic carbocycles. The van der Waals surface area contributed by atoms with Crippen LogP contribution in [0.1, 0.15) is 36.2 Å². The number of aryl methyl sites for hydroxylation is 4. The van der Waals surface area contributed by atoms with Gasteiger partial charge in [0.2, 0.25) is 5.91 Å². The number of amides is 1. The number of carbonyl (C=O) groups is 2. The summed E-state index contributed by atoms with van der Waals surface area (Å²) in [5, 5.41) is 0.815. The molecule has 0 atom stereocenters. The van der Waals surface area contributed by atoms with Crippen molar-refractivity contribution in [3.05, 3.63) is 77.1 Å². The number of ether oxygens (including phenoxy) is 1. The minimum atomic E-state index is -0.423. The summed E-state index contributed by atoms with van der Waals surface area (Å²) in [4.78, 5) is 31.3. The molecule has 0 aliphatic rings. The van der Waals surface area contributed by atoms with E-state index in [0.717, 1.165) is 30.2 Å². The monoisotopic (exact) mass is 479 g/mol. The molecule has 1 aromatic heterocycles. The van der Waals surface area contributed by atoms with Crippen molar-refractivity contribution >= 4 is 29.3 Å². The molecule has 0 aliphatic heterocycles. The van der Waals surface area contributed by atoms with Crippen molar-refractivity contribution in [3.8, 4) is 0 Å². The van der Waals surface area contributed by atoms with E-state index >= 15 is 0 Å². The summed E-state index contributed by atoms with van der Waals surface area (Å²) in [5.41, 5.74) is 5.76. The molecule has 2 aromatic carbocycles. The number of rotatable bonds is 11. The van der Waals surface area contributed by atoms with Gasteiger partial charge < -0.3 is 14.2 Å². The number of carbonyl (C=O) groups excluding carboxylic acids is 2. The summed E-state index contributed by atoms with van der Waals surface area (Å²) in [6.07, 6.45) is 3.74. The van der Waals surface area contributed by atoms with Crippen molar-refractivity contribution in [3.63, 3.8) is 0 Å². The summed E-state index contributed by atoms with van der Waals surface area (Å²) in [5.74, 6) is -0.401. The smallest absolute Gasteiger partial charge is 0.326 e. The molecule has 0 radical (unpaired) electrons. The number of anilines is 1. The number of thioether (sulfide) groups is 1. The Bertz CT molecular complexity index is 1110. The zero-order valence-corrected chi connectivity index (χ0v) is 21.2. The third kappa shape index (κ3) is 6.73. The molecular weight excluding hydrogens is 446 g/mol. The molecule has 6 nitrogen and oxygen atoms in total. The fourth-order valence-corrected chi connectivity index (χ4v) is 4.84. The molecule has 1 heterocycles. The minimum Gasteiger partial charge on any atom is -0.465 e. The first-order valence-corrected chi connectivity index (χ1v) is 12.7. The highest BCUT2D eigenvalue weighted by Crippen LogP contribution is 2.23. The predicted octanol–water partition coefficient (Wildman–Crippen LogP) is 4.99. The number of para-hydroxylation sites is 1. The lowest BCUT2D eigenvalue weighted by Crippen LogP contribution is -2.37. The second-order valence-corrected chi connectivity index (χ2v) is 9.06. The van der Waals surface area contributed by atoms with E-state index in [1.54, 1.807) is 6.92 Å². The molecule has 1 amide bonds. The summed E-state index contributed by atoms with van der Waals surface area (Å²) in [6, 6.07) is 15.8. The van der Waals surface area contributed by atoms with Crippen LogP contribution in [0.3, 0.4) is 0 Å². The maximum Gasteiger partial charge on any atom is 0.326 e. The van der Waals surface area contributed by atoms with E-state index in [-0.39, 0.29) is 24.8 Å². The summed E-state index contributed by atoms with van der Waals surface area (Å²) < 4.78 is 7.24. The highest BCUT2D eigenvalue weighted by Gasteiger charge is 2.21. The molecule has 0 bridgehead atoms. The first-order chi connectivity index (χ1) is 16.4. The van der Waals surface area contributed by atoms with Crippen LogP contribution in [0.15, 0.2) is 59.9 Å². The first-order valence-electron chi connectivity index (χ1n) is 11.7. The van der Waals surface area contributed by atoms with Crippen LogP contribution in [0.4, 0.5) is 5.69 Å². The fraction of sp³-hybridized carbons (Fsp3) is 0.370. The minimum absolute atomic E-state index is 0.111. The van der Waals surface area contributed by atoms with Crippen molar-refractivity contribution in [2.45, 2.75) is 52.2 Å². The molecule has 7 heteroatoms. The van der Waals surface area contributed by atoms with E-state index < -0.39 is 5.97 Å². The zero-order valence-electron chi connectivity index (χ0n) is 20.4. The molecule has 34 heavy (non-hydrogen) atoms. The van der Waals surface area contributed by atoms with Gasteiger partial charge in [-0.15, -0.1) is 0 Å². The van der Waals surface area contributed by atoms with Crippen LogP contribution in [0.5, 0.6) is 0 Å². The Morgan fingerprint density at radius 1 is 1.06 bits per heavy atom. The lowest BCUT2D eigenvalue weighted by Gasteiger charge is -2.21. The number of hydrogen-bond acceptors (Lipinski definition) is 5. The van der Waals surface area contributed by atoms with Crippen molar-refractivity contribution in [2.75, 3.05) is 23.8 Å². The lowest BCUT2D eigenvalue weighted by atomic mass is 10.0. The van der Waals surface area contributed by atoms with Gasteiger partial charge in [0, 0.05) is 24.1 Å². The van der Waals surface area contributed by atoms with Gasteiger partial charge in [-0.2, -0.15) is 0 Å². The van der Waals surface area contributed by atoms with Gasteiger partial charge in [0.05, 0.1) is 12.4 Å². The molecule has 0 spiro atoms. The maximum atomic E-state index is 13.1. The number of hydrogen-bond donors (Lipinski definition) is 0. The molecule has 3 aromatic rings. The number of nitrogens with zero attached hydrogens (tertiary/aromatic N) is 3. The highest BCUT2D eigenvalue weighted by molar-refractivity contribution is 7.99. The summed E-state index contributed by atoms with van der Waals surface area (Å²) in [6.45, 7) is 9.06. The number of benzene rings is 2. The number of aromatic nitrogens is 2. The first kappa shape index (κ1) is 25.6. The van der Waals surface area contributed by atoms with Crippen LogP contribution in [-0.2, 0) is 33.7 Å². The van der Waals surface area contributed by atoms with Crippen LogP contribution in [0.25, 0.3) is 0 Å². The Morgan fingerprint density at radius 2 is 1.82 bits per heavy atom. The fourth-order valence-electron chi connectivity index (χ4n) is 3.91. The SMILES string of the molecule is CCOC(=O)CN(C(=O)CSc1ncc(CCc2ccc(C)cc2C)n1CC)c1ccccc1. The second-order valence-electron chi connectivity index (χ2n) is 8.12. The van der Waals surface area contributed by atoms with Gasteiger partial charge in [0.1, 0.15) is 6.54 Å². The van der Waals surface area contributed by atoms with Gasteiger partial charge >= 0.3 is 5.97 Å². The quantitative estimate of drug-likeness (QED) is 0.286. The van der Waals surface area contributed by atoms with Gasteiger partial charge in [0.15, 0.2) is 5.16 Å². The predicted molar refractivity (Wildman–Crippen MR) is 137 cm³/mol. The van der Waals surface area contributed by atoms with Gasteiger partial charge in [-0.1, -0.05) is 53.7 Å². The van der Waals surface area contributed by atoms with Crippen molar-refractivity contribution in [1.82, 2.24) is 9.55 Å². The van der Waals surface area contributed by atoms with Crippen LogP contribution in [0, 0.1) is 13.8 Å². The molecule has 0 saturated carbocycles. The average molecular weight is 480 g/mol. The second kappa shape index (κ2) is 12.4. The number of esters is 1. The van der Waals surface area contributed by atoms with E-state index in [4.69, 9.17) is 4.74 Å². The summed E-state index contributed by atoms with van der Waals surface area (Å²) >= 11 is 1.40. The van der Waals surface area contributed by atoms with Crippen LogP contribution in [0.2, 0.25) is 0 Å². The lowest BCUT2D eigenvalue weighted by molar-refractivity contribution is -0.142. The van der Waals surface area contributed by atoms with Gasteiger partial charge in [-0.05, 0) is 63.8 Å². The van der Waals surface area contributed by atoms with E-state index in [1.165, 1.54) is 33.4 Å². The zero-order chi connectivity index (χ0) is 24.5. The van der Waals surface area contributed by atoms with Crippen molar-refractivity contribution in [2.24, 2.45) is 0 Å². The maximum absolute atomic E-state index is 13.1. The Labute approximate surface area is 206 Å². The Morgan fingerprint density at radius 3 is 2.50 bits per heavy atom. The topological polar surface area (TPSA) is 64.4 Å². The van der Waals surface area contributed by atoms with E-state index in [9.17, 15) is 9.59 Å². The third-order valence-electron chi connectivity index (χ3n) is 5.65. The molecule has 0 fully saturated rings. The Kier molecular flexibility index (Phi) is 9.33. The molecule has 0 N–H and O–H groups in total. The summed E-state index contributed by atoms with van der Waals surface area (Å²) in [7, 11) is 0. The Balaban J connectivity index is 1.67. The molecule has 0 saturated heterocycles. The van der Waals surface area contributed by atoms with Gasteiger partial charge in [-0.3, -0.25) is 9.59 Å². The number of imidazole rings is 1. The molecular formula is C27H33N3O3S. The normalized spacial score (nSPS) is 10.8. The molecule has 180 valence electrons. The molecule has 0 unspecified atom stereocenters. The third-order valence-corrected chi connectivity index (χ3v) is 6.63. The van der Waals surface area contributed by atoms with E-state index in [0.29, 0.717) is 5.69 Å². The van der Waals surface area contributed by atoms with Crippen LogP contribution < -0.4 is 4.90 Å².